The Morgan fingerprint density at radius 1 is 1.53 bits per heavy atom. The number of amides is 1. The maximum absolute atomic E-state index is 12.9. The van der Waals surface area contributed by atoms with Gasteiger partial charge in [0.1, 0.15) is 5.75 Å². The van der Waals surface area contributed by atoms with Gasteiger partial charge < -0.3 is 10.1 Å². The molecule has 1 aliphatic rings. The number of rotatable bonds is 3. The summed E-state index contributed by atoms with van der Waals surface area (Å²) in [7, 11) is 1.51. The van der Waals surface area contributed by atoms with Gasteiger partial charge in [-0.25, -0.2) is 8.78 Å². The lowest BCUT2D eigenvalue weighted by Gasteiger charge is -2.11. The molecule has 1 fully saturated rings. The quantitative estimate of drug-likeness (QED) is 0.896. The number of ether oxygens (including phenoxy) is 1. The van der Waals surface area contributed by atoms with Crippen LogP contribution in [0.25, 0.3) is 0 Å². The second-order valence-electron chi connectivity index (χ2n) is 4.21. The van der Waals surface area contributed by atoms with Crippen LogP contribution in [0, 0.1) is 0 Å². The summed E-state index contributed by atoms with van der Waals surface area (Å²) >= 11 is 0. The molecule has 0 radical (unpaired) electrons. The molecular weight excluding hydrogens is 278 g/mol. The van der Waals surface area contributed by atoms with Crippen molar-refractivity contribution < 1.29 is 18.3 Å². The van der Waals surface area contributed by atoms with E-state index in [1.165, 1.54) is 7.11 Å². The number of carbonyl (C=O) groups excluding carboxylic acids is 1. The van der Waals surface area contributed by atoms with Crippen LogP contribution in [0.2, 0.25) is 0 Å². The largest absolute Gasteiger partial charge is 0.497 e. The van der Waals surface area contributed by atoms with E-state index in [4.69, 9.17) is 4.74 Å². The Morgan fingerprint density at radius 2 is 2.26 bits per heavy atom. The zero-order chi connectivity index (χ0) is 13.2. The van der Waals surface area contributed by atoms with E-state index in [9.17, 15) is 13.6 Å². The number of anilines is 1. The topological polar surface area (TPSA) is 50.4 Å². The Hall–Kier alpha value is -1.40. The maximum Gasteiger partial charge on any atom is 0.262 e. The van der Waals surface area contributed by atoms with Crippen molar-refractivity contribution in [3.8, 4) is 5.75 Å². The minimum atomic E-state index is -2.81. The molecule has 19 heavy (non-hydrogen) atoms. The minimum absolute atomic E-state index is 0. The number of hydrogen-bond donors (Lipinski definition) is 2. The highest BCUT2D eigenvalue weighted by Crippen LogP contribution is 2.26. The van der Waals surface area contributed by atoms with Crippen LogP contribution < -0.4 is 15.4 Å². The van der Waals surface area contributed by atoms with E-state index in [2.05, 4.69) is 10.6 Å². The summed E-state index contributed by atoms with van der Waals surface area (Å²) < 4.78 is 30.9. The van der Waals surface area contributed by atoms with Gasteiger partial charge in [-0.2, -0.15) is 0 Å². The van der Waals surface area contributed by atoms with Crippen molar-refractivity contribution >= 4 is 24.0 Å². The lowest BCUT2D eigenvalue weighted by atomic mass is 10.2. The Labute approximate surface area is 115 Å². The average Bonchev–Trinajstić information content (AvgIpc) is 2.70. The van der Waals surface area contributed by atoms with Crippen molar-refractivity contribution in [3.05, 3.63) is 24.3 Å². The van der Waals surface area contributed by atoms with Gasteiger partial charge in [-0.1, -0.05) is 6.07 Å². The highest BCUT2D eigenvalue weighted by atomic mass is 35.5. The summed E-state index contributed by atoms with van der Waals surface area (Å²) in [5.41, 5.74) is 0.524. The van der Waals surface area contributed by atoms with E-state index in [0.29, 0.717) is 11.4 Å². The van der Waals surface area contributed by atoms with E-state index in [1.54, 1.807) is 24.3 Å². The fraction of sp³-hybridized carbons (Fsp3) is 0.417. The smallest absolute Gasteiger partial charge is 0.262 e. The zero-order valence-electron chi connectivity index (χ0n) is 10.3. The van der Waals surface area contributed by atoms with Crippen LogP contribution in [0.1, 0.15) is 6.42 Å². The molecule has 1 aromatic rings. The maximum atomic E-state index is 12.9. The number of nitrogens with one attached hydrogen (secondary N) is 2. The molecule has 1 aliphatic heterocycles. The van der Waals surface area contributed by atoms with Crippen LogP contribution >= 0.6 is 12.4 Å². The van der Waals surface area contributed by atoms with E-state index in [-0.39, 0.29) is 12.4 Å². The second-order valence-corrected chi connectivity index (χ2v) is 4.21. The van der Waals surface area contributed by atoms with Crippen LogP contribution in [0.4, 0.5) is 14.5 Å². The molecule has 1 unspecified atom stereocenters. The molecule has 0 spiro atoms. The normalized spacial score (nSPS) is 20.5. The Balaban J connectivity index is 0.00000180. The van der Waals surface area contributed by atoms with Crippen molar-refractivity contribution in [2.24, 2.45) is 0 Å². The predicted octanol–water partition coefficient (Wildman–Crippen LogP) is 2.05. The monoisotopic (exact) mass is 292 g/mol. The van der Waals surface area contributed by atoms with Gasteiger partial charge in [0.15, 0.2) is 0 Å². The summed E-state index contributed by atoms with van der Waals surface area (Å²) in [6.45, 7) is -0.455. The molecular formula is C12H15ClF2N2O2. The third-order valence-corrected chi connectivity index (χ3v) is 2.76. The summed E-state index contributed by atoms with van der Waals surface area (Å²) in [5.74, 6) is -2.67. The second kappa shape index (κ2) is 6.16. The Morgan fingerprint density at radius 3 is 2.84 bits per heavy atom. The van der Waals surface area contributed by atoms with Crippen molar-refractivity contribution in [2.75, 3.05) is 19.0 Å². The molecule has 2 rings (SSSR count). The average molecular weight is 293 g/mol. The SMILES string of the molecule is COc1cccc(NC(=O)C2CC(F)(F)CN2)c1.Cl. The highest BCUT2D eigenvalue weighted by molar-refractivity contribution is 5.95. The lowest BCUT2D eigenvalue weighted by molar-refractivity contribution is -0.118. The van der Waals surface area contributed by atoms with Crippen LogP contribution in [-0.4, -0.2) is 31.5 Å². The fourth-order valence-corrected chi connectivity index (χ4v) is 1.83. The summed E-state index contributed by atoms with van der Waals surface area (Å²) in [6.07, 6.45) is -0.469. The van der Waals surface area contributed by atoms with Crippen molar-refractivity contribution in [3.63, 3.8) is 0 Å². The fourth-order valence-electron chi connectivity index (χ4n) is 1.83. The molecule has 4 nitrogen and oxygen atoms in total. The lowest BCUT2D eigenvalue weighted by Crippen LogP contribution is -2.35. The standard InChI is InChI=1S/C12H14F2N2O2.ClH/c1-18-9-4-2-3-8(5-9)16-11(17)10-6-12(13,14)7-15-10;/h2-5,10,15H,6-7H2,1H3,(H,16,17);1H. The first-order valence-corrected chi connectivity index (χ1v) is 5.56. The van der Waals surface area contributed by atoms with Crippen molar-refractivity contribution in [1.82, 2.24) is 5.32 Å². The van der Waals surface area contributed by atoms with Crippen LogP contribution in [0.15, 0.2) is 24.3 Å². The Kier molecular flexibility index (Phi) is 5.08. The van der Waals surface area contributed by atoms with E-state index in [0.717, 1.165) is 0 Å². The predicted molar refractivity (Wildman–Crippen MR) is 70.2 cm³/mol. The zero-order valence-corrected chi connectivity index (χ0v) is 11.1. The molecule has 1 saturated heterocycles. The van der Waals surface area contributed by atoms with Crippen molar-refractivity contribution in [1.29, 1.82) is 0 Å². The molecule has 0 aromatic heterocycles. The first kappa shape index (κ1) is 15.7. The number of carbonyl (C=O) groups is 1. The van der Waals surface area contributed by atoms with Gasteiger partial charge in [0.25, 0.3) is 5.92 Å². The van der Waals surface area contributed by atoms with Gasteiger partial charge in [-0.15, -0.1) is 12.4 Å². The van der Waals surface area contributed by atoms with Gasteiger partial charge in [0, 0.05) is 18.2 Å². The van der Waals surface area contributed by atoms with Gasteiger partial charge >= 0.3 is 0 Å². The molecule has 7 heteroatoms. The third-order valence-electron chi connectivity index (χ3n) is 2.76. The molecule has 1 aromatic carbocycles. The molecule has 1 heterocycles. The van der Waals surface area contributed by atoms with Crippen LogP contribution in [-0.2, 0) is 4.79 Å². The number of benzene rings is 1. The molecule has 0 saturated carbocycles. The van der Waals surface area contributed by atoms with Gasteiger partial charge in [-0.05, 0) is 12.1 Å². The molecule has 1 atom stereocenters. The minimum Gasteiger partial charge on any atom is -0.497 e. The van der Waals surface area contributed by atoms with Crippen molar-refractivity contribution in [2.45, 2.75) is 18.4 Å². The molecule has 1 amide bonds. The van der Waals surface area contributed by atoms with Crippen LogP contribution in [0.5, 0.6) is 5.75 Å². The Bertz CT molecular complexity index is 457. The van der Waals surface area contributed by atoms with E-state index < -0.39 is 30.8 Å². The van der Waals surface area contributed by atoms with Crippen LogP contribution in [0.3, 0.4) is 0 Å². The highest BCUT2D eigenvalue weighted by Gasteiger charge is 2.42. The summed E-state index contributed by atoms with van der Waals surface area (Å²) in [5, 5.41) is 5.08. The first-order chi connectivity index (χ1) is 8.50. The van der Waals surface area contributed by atoms with E-state index >= 15 is 0 Å². The van der Waals surface area contributed by atoms with Gasteiger partial charge in [0.05, 0.1) is 19.7 Å². The number of halogens is 3. The molecule has 2 N–H and O–H groups in total. The number of methoxy groups -OCH3 is 1. The van der Waals surface area contributed by atoms with E-state index in [1.807, 2.05) is 0 Å². The van der Waals surface area contributed by atoms with Gasteiger partial charge in [0.2, 0.25) is 5.91 Å². The number of hydrogen-bond acceptors (Lipinski definition) is 3. The summed E-state index contributed by atoms with van der Waals surface area (Å²) in [4.78, 5) is 11.8. The molecule has 0 bridgehead atoms. The first-order valence-electron chi connectivity index (χ1n) is 5.56. The number of alkyl halides is 2. The third kappa shape index (κ3) is 4.04. The van der Waals surface area contributed by atoms with Gasteiger partial charge in [-0.3, -0.25) is 10.1 Å². The summed E-state index contributed by atoms with van der Waals surface area (Å²) in [6, 6.07) is 5.90. The molecule has 0 aliphatic carbocycles. The molecule has 106 valence electrons.